The summed E-state index contributed by atoms with van der Waals surface area (Å²) < 4.78 is 5.27. The smallest absolute Gasteiger partial charge is 0.321 e. The molecule has 200 valence electrons. The zero-order valence-corrected chi connectivity index (χ0v) is 21.9. The molecule has 3 N–H and O–H groups in total. The number of rotatable bonds is 11. The van der Waals surface area contributed by atoms with Crippen LogP contribution in [0.1, 0.15) is 18.4 Å². The van der Waals surface area contributed by atoms with Crippen molar-refractivity contribution in [3.63, 3.8) is 0 Å². The Bertz CT molecular complexity index is 1140. The van der Waals surface area contributed by atoms with E-state index in [1.807, 2.05) is 77.7 Å². The molecule has 38 heavy (non-hydrogen) atoms. The van der Waals surface area contributed by atoms with Crippen molar-refractivity contribution in [1.29, 1.82) is 0 Å². The van der Waals surface area contributed by atoms with Crippen LogP contribution in [0.5, 0.6) is 5.75 Å². The highest BCUT2D eigenvalue weighted by Crippen LogP contribution is 2.20. The Morgan fingerprint density at radius 1 is 0.921 bits per heavy atom. The fourth-order valence-electron chi connectivity index (χ4n) is 4.72. The third-order valence-corrected chi connectivity index (χ3v) is 6.79. The van der Waals surface area contributed by atoms with E-state index < -0.39 is 0 Å². The number of carbonyl (C=O) groups excluding carboxylic acids is 2. The second-order valence-electron chi connectivity index (χ2n) is 9.42. The first-order valence-electron chi connectivity index (χ1n) is 13.2. The van der Waals surface area contributed by atoms with E-state index in [9.17, 15) is 9.59 Å². The summed E-state index contributed by atoms with van der Waals surface area (Å²) in [6.07, 6.45) is 3.09. The highest BCUT2D eigenvalue weighted by atomic mass is 16.5. The van der Waals surface area contributed by atoms with Gasteiger partial charge in [0.2, 0.25) is 0 Å². The molecule has 1 atom stereocenters. The minimum Gasteiger partial charge on any atom is -0.497 e. The molecule has 8 heteroatoms. The molecule has 1 saturated heterocycles. The highest BCUT2D eigenvalue weighted by molar-refractivity contribution is 5.90. The number of benzene rings is 3. The predicted octanol–water partition coefficient (Wildman–Crippen LogP) is 5.06. The Morgan fingerprint density at radius 3 is 2.24 bits per heavy atom. The van der Waals surface area contributed by atoms with E-state index >= 15 is 0 Å². The zero-order valence-electron chi connectivity index (χ0n) is 21.9. The molecule has 1 aliphatic heterocycles. The molecular formula is C30H37N5O3. The van der Waals surface area contributed by atoms with Crippen LogP contribution in [-0.2, 0) is 6.42 Å². The molecule has 1 heterocycles. The summed E-state index contributed by atoms with van der Waals surface area (Å²) in [4.78, 5) is 29.9. The van der Waals surface area contributed by atoms with Crippen LogP contribution < -0.4 is 20.7 Å². The van der Waals surface area contributed by atoms with Crippen LogP contribution in [0.3, 0.4) is 0 Å². The lowest BCUT2D eigenvalue weighted by molar-refractivity contribution is 0.175. The maximum atomic E-state index is 13.3. The normalized spacial score (nSPS) is 15.0. The molecule has 4 rings (SSSR count). The van der Waals surface area contributed by atoms with E-state index in [0.29, 0.717) is 19.6 Å². The van der Waals surface area contributed by atoms with Gasteiger partial charge in [0.25, 0.3) is 0 Å². The topological polar surface area (TPSA) is 85.9 Å². The molecular weight excluding hydrogens is 478 g/mol. The van der Waals surface area contributed by atoms with E-state index in [4.69, 9.17) is 4.74 Å². The van der Waals surface area contributed by atoms with E-state index in [1.54, 1.807) is 7.11 Å². The third-order valence-electron chi connectivity index (χ3n) is 6.79. The number of hydrogen-bond donors (Lipinski definition) is 3. The third kappa shape index (κ3) is 8.24. The van der Waals surface area contributed by atoms with E-state index in [0.717, 1.165) is 49.5 Å². The number of urea groups is 2. The number of likely N-dealkylation sites (tertiary alicyclic amines) is 1. The van der Waals surface area contributed by atoms with Gasteiger partial charge in [0.1, 0.15) is 5.75 Å². The van der Waals surface area contributed by atoms with E-state index in [-0.39, 0.29) is 18.1 Å². The van der Waals surface area contributed by atoms with Crippen molar-refractivity contribution in [2.45, 2.75) is 25.3 Å². The standard InChI is InChI=1S/C30H37N5O3/c1-38-28-16-14-24(15-17-28)18-21-34-20-8-13-27(34)23-35(30(37)33-26-11-6-3-7-12-26)22-19-31-29(36)32-25-9-4-2-5-10-25/h2-7,9-12,14-17,27H,8,13,18-23H2,1H3,(H,33,37)(H2,31,32,36)/t27-/m0/s1. The van der Waals surface area contributed by atoms with Crippen molar-refractivity contribution in [1.82, 2.24) is 15.1 Å². The maximum Gasteiger partial charge on any atom is 0.321 e. The van der Waals surface area contributed by atoms with Crippen LogP contribution in [0, 0.1) is 0 Å². The quantitative estimate of drug-likeness (QED) is 0.333. The van der Waals surface area contributed by atoms with E-state index in [1.165, 1.54) is 5.56 Å². The summed E-state index contributed by atoms with van der Waals surface area (Å²) in [5.74, 6) is 0.860. The second kappa shape index (κ2) is 14.0. The lowest BCUT2D eigenvalue weighted by Crippen LogP contribution is -2.48. The molecule has 0 radical (unpaired) electrons. The molecule has 4 amide bonds. The van der Waals surface area contributed by atoms with Gasteiger partial charge in [0.05, 0.1) is 7.11 Å². The van der Waals surface area contributed by atoms with Crippen molar-refractivity contribution >= 4 is 23.4 Å². The van der Waals surface area contributed by atoms with Crippen molar-refractivity contribution in [3.05, 3.63) is 90.5 Å². The number of amides is 4. The minimum atomic E-state index is -0.290. The van der Waals surface area contributed by atoms with Crippen molar-refractivity contribution in [2.24, 2.45) is 0 Å². The van der Waals surface area contributed by atoms with Gasteiger partial charge >= 0.3 is 12.1 Å². The summed E-state index contributed by atoms with van der Waals surface area (Å²) in [5, 5.41) is 8.70. The number of para-hydroxylation sites is 2. The van der Waals surface area contributed by atoms with Crippen molar-refractivity contribution in [2.75, 3.05) is 50.5 Å². The second-order valence-corrected chi connectivity index (χ2v) is 9.42. The molecule has 0 spiro atoms. The molecule has 0 unspecified atom stereocenters. The van der Waals surface area contributed by atoms with Gasteiger partial charge in [-0.3, -0.25) is 4.90 Å². The SMILES string of the molecule is COc1ccc(CCN2CCC[C@H]2CN(CCNC(=O)Nc2ccccc2)C(=O)Nc2ccccc2)cc1. The first-order chi connectivity index (χ1) is 18.6. The summed E-state index contributed by atoms with van der Waals surface area (Å²) in [6, 6.07) is 26.8. The van der Waals surface area contributed by atoms with Crippen LogP contribution in [0.25, 0.3) is 0 Å². The van der Waals surface area contributed by atoms with Gasteiger partial charge in [-0.25, -0.2) is 9.59 Å². The number of ether oxygens (including phenoxy) is 1. The Morgan fingerprint density at radius 2 is 1.58 bits per heavy atom. The summed E-state index contributed by atoms with van der Waals surface area (Å²) in [7, 11) is 1.68. The molecule has 3 aromatic carbocycles. The van der Waals surface area contributed by atoms with Gasteiger partial charge in [-0.05, 0) is 67.8 Å². The zero-order chi connectivity index (χ0) is 26.6. The molecule has 0 saturated carbocycles. The number of nitrogens with one attached hydrogen (secondary N) is 3. The molecule has 0 aromatic heterocycles. The largest absolute Gasteiger partial charge is 0.497 e. The summed E-state index contributed by atoms with van der Waals surface area (Å²) in [6.45, 7) is 3.31. The lowest BCUT2D eigenvalue weighted by Gasteiger charge is -2.31. The number of hydrogen-bond acceptors (Lipinski definition) is 4. The van der Waals surface area contributed by atoms with Crippen LogP contribution in [0.4, 0.5) is 21.0 Å². The maximum absolute atomic E-state index is 13.3. The summed E-state index contributed by atoms with van der Waals surface area (Å²) >= 11 is 0. The van der Waals surface area contributed by atoms with Gasteiger partial charge < -0.3 is 25.6 Å². The molecule has 0 aliphatic carbocycles. The Kier molecular flexibility index (Phi) is 9.98. The first-order valence-corrected chi connectivity index (χ1v) is 13.2. The van der Waals surface area contributed by atoms with Crippen LogP contribution >= 0.6 is 0 Å². The Balaban J connectivity index is 1.34. The molecule has 1 aliphatic rings. The van der Waals surface area contributed by atoms with Gasteiger partial charge in [-0.1, -0.05) is 48.5 Å². The monoisotopic (exact) mass is 515 g/mol. The highest BCUT2D eigenvalue weighted by Gasteiger charge is 2.28. The van der Waals surface area contributed by atoms with Crippen LogP contribution in [0.2, 0.25) is 0 Å². The molecule has 3 aromatic rings. The minimum absolute atomic E-state index is 0.163. The number of nitrogens with zero attached hydrogens (tertiary/aromatic N) is 2. The van der Waals surface area contributed by atoms with Gasteiger partial charge in [-0.2, -0.15) is 0 Å². The average molecular weight is 516 g/mol. The lowest BCUT2D eigenvalue weighted by atomic mass is 10.1. The van der Waals surface area contributed by atoms with Gasteiger partial charge in [0, 0.05) is 43.6 Å². The number of anilines is 2. The van der Waals surface area contributed by atoms with Crippen molar-refractivity contribution < 1.29 is 14.3 Å². The van der Waals surface area contributed by atoms with Crippen LogP contribution in [-0.4, -0.2) is 67.7 Å². The van der Waals surface area contributed by atoms with Gasteiger partial charge in [0.15, 0.2) is 0 Å². The Labute approximate surface area is 225 Å². The van der Waals surface area contributed by atoms with E-state index in [2.05, 4.69) is 33.0 Å². The van der Waals surface area contributed by atoms with Crippen LogP contribution in [0.15, 0.2) is 84.9 Å². The molecule has 8 nitrogen and oxygen atoms in total. The average Bonchev–Trinajstić information content (AvgIpc) is 3.39. The van der Waals surface area contributed by atoms with Gasteiger partial charge in [-0.15, -0.1) is 0 Å². The predicted molar refractivity (Wildman–Crippen MR) is 152 cm³/mol. The Hall–Kier alpha value is -4.04. The first kappa shape index (κ1) is 27.0. The molecule has 1 fully saturated rings. The fraction of sp³-hybridized carbons (Fsp3) is 0.333. The number of carbonyl (C=O) groups is 2. The number of methoxy groups -OCH3 is 1. The summed E-state index contributed by atoms with van der Waals surface area (Å²) in [5.41, 5.74) is 2.74. The van der Waals surface area contributed by atoms with Crippen molar-refractivity contribution in [3.8, 4) is 5.75 Å². The fourth-order valence-corrected chi connectivity index (χ4v) is 4.72. The molecule has 0 bridgehead atoms.